The maximum Gasteiger partial charge on any atom is 0.220 e. The van der Waals surface area contributed by atoms with Crippen molar-refractivity contribution < 1.29 is 19.4 Å². The molecule has 0 spiro atoms. The monoisotopic (exact) mass is 321 g/mol. The second-order valence-electron chi connectivity index (χ2n) is 6.41. The van der Waals surface area contributed by atoms with Crippen LogP contribution in [0.4, 0.5) is 0 Å². The molecule has 0 radical (unpaired) electrons. The lowest BCUT2D eigenvalue weighted by atomic mass is 10.0. The molecule has 1 aromatic rings. The summed E-state index contributed by atoms with van der Waals surface area (Å²) in [6.07, 6.45) is 4.32. The van der Waals surface area contributed by atoms with Gasteiger partial charge in [0.05, 0.1) is 19.3 Å². The first-order valence-electron chi connectivity index (χ1n) is 8.29. The van der Waals surface area contributed by atoms with Gasteiger partial charge in [0.1, 0.15) is 0 Å². The average molecular weight is 321 g/mol. The van der Waals surface area contributed by atoms with Gasteiger partial charge in [-0.3, -0.25) is 4.79 Å². The van der Waals surface area contributed by atoms with Gasteiger partial charge in [-0.1, -0.05) is 26.3 Å². The van der Waals surface area contributed by atoms with Gasteiger partial charge in [-0.2, -0.15) is 0 Å². The largest absolute Gasteiger partial charge is 0.504 e. The van der Waals surface area contributed by atoms with E-state index in [0.717, 1.165) is 24.8 Å². The Balaban J connectivity index is 1.60. The SMILES string of the molecule is COc1cc(CNC(=O)CCCC[C@H]2O[C@@H]2C(C)C)ccc1O. The molecule has 0 aromatic heterocycles. The first-order chi connectivity index (χ1) is 11.0. The van der Waals surface area contributed by atoms with Crippen LogP contribution in [0.1, 0.15) is 45.1 Å². The number of rotatable bonds is 9. The molecule has 1 fully saturated rings. The lowest BCUT2D eigenvalue weighted by Gasteiger charge is -2.08. The molecule has 5 nitrogen and oxygen atoms in total. The minimum absolute atomic E-state index is 0.0502. The Morgan fingerprint density at radius 3 is 2.83 bits per heavy atom. The van der Waals surface area contributed by atoms with Crippen LogP contribution in [0.5, 0.6) is 11.5 Å². The smallest absolute Gasteiger partial charge is 0.220 e. The molecule has 1 aromatic carbocycles. The van der Waals surface area contributed by atoms with Crippen LogP contribution < -0.4 is 10.1 Å². The van der Waals surface area contributed by atoms with Crippen LogP contribution >= 0.6 is 0 Å². The van der Waals surface area contributed by atoms with Crippen LogP contribution in [0.15, 0.2) is 18.2 Å². The molecule has 2 N–H and O–H groups in total. The molecular formula is C18H27NO4. The highest BCUT2D eigenvalue weighted by Gasteiger charge is 2.39. The molecule has 2 atom stereocenters. The van der Waals surface area contributed by atoms with Crippen LogP contribution in [0, 0.1) is 5.92 Å². The third-order valence-corrected chi connectivity index (χ3v) is 4.16. The number of benzene rings is 1. The van der Waals surface area contributed by atoms with E-state index in [1.54, 1.807) is 18.2 Å². The fourth-order valence-electron chi connectivity index (χ4n) is 2.73. The van der Waals surface area contributed by atoms with E-state index in [4.69, 9.17) is 9.47 Å². The Hall–Kier alpha value is -1.75. The lowest BCUT2D eigenvalue weighted by molar-refractivity contribution is -0.121. The summed E-state index contributed by atoms with van der Waals surface area (Å²) in [7, 11) is 1.50. The molecule has 0 unspecified atom stereocenters. The maximum absolute atomic E-state index is 11.8. The highest BCUT2D eigenvalue weighted by Crippen LogP contribution is 2.33. The fraction of sp³-hybridized carbons (Fsp3) is 0.611. The quantitative estimate of drug-likeness (QED) is 0.542. The molecule has 0 saturated carbocycles. The van der Waals surface area contributed by atoms with Crippen molar-refractivity contribution >= 4 is 5.91 Å². The number of aromatic hydroxyl groups is 1. The number of unbranched alkanes of at least 4 members (excludes halogenated alkanes) is 1. The van der Waals surface area contributed by atoms with Crippen molar-refractivity contribution in [1.29, 1.82) is 0 Å². The number of carbonyl (C=O) groups is 1. The van der Waals surface area contributed by atoms with Gasteiger partial charge in [-0.25, -0.2) is 0 Å². The third-order valence-electron chi connectivity index (χ3n) is 4.16. The maximum atomic E-state index is 11.8. The molecular weight excluding hydrogens is 294 g/mol. The summed E-state index contributed by atoms with van der Waals surface area (Å²) < 4.78 is 10.6. The first-order valence-corrected chi connectivity index (χ1v) is 8.29. The van der Waals surface area contributed by atoms with Crippen molar-refractivity contribution in [2.45, 2.75) is 58.3 Å². The average Bonchev–Trinajstić information content (AvgIpc) is 3.30. The summed E-state index contributed by atoms with van der Waals surface area (Å²) in [5.74, 6) is 1.16. The normalized spacial score (nSPS) is 19.7. The van der Waals surface area contributed by atoms with E-state index < -0.39 is 0 Å². The van der Waals surface area contributed by atoms with Gasteiger partial charge in [0.2, 0.25) is 5.91 Å². The number of hydrogen-bond acceptors (Lipinski definition) is 4. The van der Waals surface area contributed by atoms with Crippen LogP contribution in [-0.4, -0.2) is 30.3 Å². The van der Waals surface area contributed by atoms with Crippen molar-refractivity contribution in [3.8, 4) is 11.5 Å². The summed E-state index contributed by atoms with van der Waals surface area (Å²) in [5, 5.41) is 12.4. The highest BCUT2D eigenvalue weighted by molar-refractivity contribution is 5.75. The molecule has 2 rings (SSSR count). The van der Waals surface area contributed by atoms with Crippen molar-refractivity contribution in [3.05, 3.63) is 23.8 Å². The summed E-state index contributed by atoms with van der Waals surface area (Å²) in [6.45, 7) is 4.80. The minimum atomic E-state index is 0.0502. The van der Waals surface area contributed by atoms with Gasteiger partial charge in [-0.05, 0) is 36.5 Å². The Kier molecular flexibility index (Phi) is 6.28. The molecule has 1 heterocycles. The second-order valence-corrected chi connectivity index (χ2v) is 6.41. The number of phenolic OH excluding ortho intramolecular Hbond substituents is 1. The van der Waals surface area contributed by atoms with Gasteiger partial charge >= 0.3 is 0 Å². The Morgan fingerprint density at radius 1 is 1.39 bits per heavy atom. The molecule has 5 heteroatoms. The molecule has 1 aliphatic heterocycles. The summed E-state index contributed by atoms with van der Waals surface area (Å²) in [6, 6.07) is 5.07. The standard InChI is InChI=1S/C18H27NO4/c1-12(2)18-15(23-18)6-4-5-7-17(21)19-11-13-8-9-14(20)16(10-13)22-3/h8-10,12,15,18,20H,4-7,11H2,1-3H3,(H,19,21)/t15-,18-/m1/s1. The zero-order valence-corrected chi connectivity index (χ0v) is 14.2. The summed E-state index contributed by atoms with van der Waals surface area (Å²) in [4.78, 5) is 11.8. The van der Waals surface area contributed by atoms with Crippen molar-refractivity contribution in [1.82, 2.24) is 5.32 Å². The van der Waals surface area contributed by atoms with E-state index in [9.17, 15) is 9.90 Å². The van der Waals surface area contributed by atoms with Gasteiger partial charge < -0.3 is 19.9 Å². The molecule has 128 valence electrons. The molecule has 23 heavy (non-hydrogen) atoms. The van der Waals surface area contributed by atoms with Gasteiger partial charge in [0.15, 0.2) is 11.5 Å². The summed E-state index contributed by atoms with van der Waals surface area (Å²) in [5.41, 5.74) is 0.902. The van der Waals surface area contributed by atoms with Crippen LogP contribution in [0.3, 0.4) is 0 Å². The molecule has 0 bridgehead atoms. The second kappa shape index (κ2) is 8.20. The molecule has 1 amide bonds. The van der Waals surface area contributed by atoms with E-state index in [1.165, 1.54) is 7.11 Å². The third kappa shape index (κ3) is 5.43. The predicted molar refractivity (Wildman–Crippen MR) is 88.5 cm³/mol. The lowest BCUT2D eigenvalue weighted by Crippen LogP contribution is -2.22. The van der Waals surface area contributed by atoms with Crippen LogP contribution in [0.25, 0.3) is 0 Å². The number of amides is 1. The zero-order valence-electron chi connectivity index (χ0n) is 14.2. The Bertz CT molecular complexity index is 530. The van der Waals surface area contributed by atoms with Crippen LogP contribution in [0.2, 0.25) is 0 Å². The Labute approximate surface area is 138 Å². The van der Waals surface area contributed by atoms with E-state index >= 15 is 0 Å². The number of hydrogen-bond donors (Lipinski definition) is 2. The number of phenols is 1. The van der Waals surface area contributed by atoms with Gasteiger partial charge in [0, 0.05) is 13.0 Å². The molecule has 0 aliphatic carbocycles. The predicted octanol–water partition coefficient (Wildman–Crippen LogP) is 3.00. The van der Waals surface area contributed by atoms with Crippen molar-refractivity contribution in [3.63, 3.8) is 0 Å². The Morgan fingerprint density at radius 2 is 2.17 bits per heavy atom. The van der Waals surface area contributed by atoms with E-state index in [1.807, 2.05) is 0 Å². The van der Waals surface area contributed by atoms with Crippen molar-refractivity contribution in [2.24, 2.45) is 5.92 Å². The fourth-order valence-corrected chi connectivity index (χ4v) is 2.73. The highest BCUT2D eigenvalue weighted by atomic mass is 16.6. The number of epoxide rings is 1. The molecule has 1 saturated heterocycles. The van der Waals surface area contributed by atoms with E-state index in [0.29, 0.717) is 36.8 Å². The number of methoxy groups -OCH3 is 1. The van der Waals surface area contributed by atoms with Crippen molar-refractivity contribution in [2.75, 3.05) is 7.11 Å². The van der Waals surface area contributed by atoms with Crippen LogP contribution in [-0.2, 0) is 16.1 Å². The molecule has 1 aliphatic rings. The number of ether oxygens (including phenoxy) is 2. The topological polar surface area (TPSA) is 71.1 Å². The number of carbonyl (C=O) groups excluding carboxylic acids is 1. The summed E-state index contributed by atoms with van der Waals surface area (Å²) >= 11 is 0. The zero-order chi connectivity index (χ0) is 16.8. The van der Waals surface area contributed by atoms with Gasteiger partial charge in [0.25, 0.3) is 0 Å². The minimum Gasteiger partial charge on any atom is -0.504 e. The van der Waals surface area contributed by atoms with E-state index in [-0.39, 0.29) is 11.7 Å². The number of nitrogens with one attached hydrogen (secondary N) is 1. The van der Waals surface area contributed by atoms with E-state index in [2.05, 4.69) is 19.2 Å². The first kappa shape index (κ1) is 17.6. The van der Waals surface area contributed by atoms with Gasteiger partial charge in [-0.15, -0.1) is 0 Å².